The van der Waals surface area contributed by atoms with E-state index >= 15 is 0 Å². The average molecular weight is 246 g/mol. The minimum absolute atomic E-state index is 0.0102. The highest BCUT2D eigenvalue weighted by Crippen LogP contribution is 2.16. The minimum Gasteiger partial charge on any atom is -0.394 e. The molecule has 0 saturated heterocycles. The number of nitrogens with one attached hydrogen (secondary N) is 1. The van der Waals surface area contributed by atoms with Crippen molar-refractivity contribution in [1.82, 2.24) is 9.78 Å². The third kappa shape index (κ3) is 2.74. The summed E-state index contributed by atoms with van der Waals surface area (Å²) in [6.45, 7) is 4.22. The molecule has 0 amide bonds. The number of hydrogen-bond donors (Lipinski definition) is 2. The highest BCUT2D eigenvalue weighted by atomic mass is 35.5. The lowest BCUT2D eigenvalue weighted by Crippen LogP contribution is -2.27. The molecule has 1 aromatic rings. The van der Waals surface area contributed by atoms with Crippen LogP contribution in [-0.2, 0) is 6.54 Å². The van der Waals surface area contributed by atoms with E-state index in [1.807, 2.05) is 13.8 Å². The molecule has 16 heavy (non-hydrogen) atoms. The SMILES string of the molecule is CCC(CO)Nc1cnn(CC)c(=O)c1Cl. The maximum Gasteiger partial charge on any atom is 0.287 e. The fourth-order valence-electron chi connectivity index (χ4n) is 1.29. The van der Waals surface area contributed by atoms with Gasteiger partial charge in [0, 0.05) is 12.6 Å². The molecule has 0 aliphatic rings. The second-order valence-corrected chi connectivity index (χ2v) is 3.80. The fraction of sp³-hybridized carbons (Fsp3) is 0.600. The molecule has 6 heteroatoms. The molecule has 1 atom stereocenters. The van der Waals surface area contributed by atoms with E-state index in [1.54, 1.807) is 0 Å². The van der Waals surface area contributed by atoms with E-state index in [9.17, 15) is 4.79 Å². The van der Waals surface area contributed by atoms with Crippen LogP contribution < -0.4 is 10.9 Å². The topological polar surface area (TPSA) is 67.2 Å². The molecule has 0 bridgehead atoms. The van der Waals surface area contributed by atoms with Gasteiger partial charge in [0.05, 0.1) is 18.5 Å². The largest absolute Gasteiger partial charge is 0.394 e. The lowest BCUT2D eigenvalue weighted by Gasteiger charge is -2.16. The van der Waals surface area contributed by atoms with E-state index < -0.39 is 0 Å². The summed E-state index contributed by atoms with van der Waals surface area (Å²) in [7, 11) is 0. The third-order valence-corrected chi connectivity index (χ3v) is 2.72. The first kappa shape index (κ1) is 13.0. The second kappa shape index (κ2) is 5.86. The van der Waals surface area contributed by atoms with Crippen LogP contribution in [0, 0.1) is 0 Å². The zero-order chi connectivity index (χ0) is 12.1. The van der Waals surface area contributed by atoms with Crippen molar-refractivity contribution in [3.05, 3.63) is 21.6 Å². The number of aryl methyl sites for hydroxylation is 1. The third-order valence-electron chi connectivity index (χ3n) is 2.36. The Morgan fingerprint density at radius 2 is 2.31 bits per heavy atom. The molecule has 1 rings (SSSR count). The van der Waals surface area contributed by atoms with Crippen LogP contribution >= 0.6 is 11.6 Å². The number of anilines is 1. The van der Waals surface area contributed by atoms with Crippen molar-refractivity contribution in [3.63, 3.8) is 0 Å². The highest BCUT2D eigenvalue weighted by Gasteiger charge is 2.11. The van der Waals surface area contributed by atoms with Gasteiger partial charge in [-0.2, -0.15) is 5.10 Å². The number of rotatable bonds is 5. The molecule has 0 aliphatic heterocycles. The van der Waals surface area contributed by atoms with Crippen molar-refractivity contribution < 1.29 is 5.11 Å². The predicted molar refractivity (Wildman–Crippen MR) is 64.0 cm³/mol. The van der Waals surface area contributed by atoms with Crippen molar-refractivity contribution >= 4 is 17.3 Å². The van der Waals surface area contributed by atoms with Gasteiger partial charge in [0.1, 0.15) is 5.02 Å². The van der Waals surface area contributed by atoms with Gasteiger partial charge in [-0.3, -0.25) is 4.79 Å². The molecule has 1 aromatic heterocycles. The van der Waals surface area contributed by atoms with Crippen LogP contribution in [0.2, 0.25) is 5.02 Å². The van der Waals surface area contributed by atoms with Gasteiger partial charge in [-0.1, -0.05) is 18.5 Å². The van der Waals surface area contributed by atoms with Gasteiger partial charge in [-0.15, -0.1) is 0 Å². The Bertz CT molecular complexity index is 402. The minimum atomic E-state index is -0.318. The van der Waals surface area contributed by atoms with Gasteiger partial charge in [-0.05, 0) is 13.3 Å². The van der Waals surface area contributed by atoms with Crippen LogP contribution in [0.1, 0.15) is 20.3 Å². The van der Waals surface area contributed by atoms with Gasteiger partial charge >= 0.3 is 0 Å². The maximum absolute atomic E-state index is 11.6. The molecule has 0 aliphatic carbocycles. The number of halogens is 1. The first-order valence-corrected chi connectivity index (χ1v) is 5.64. The van der Waals surface area contributed by atoms with Crippen LogP contribution in [0.15, 0.2) is 11.0 Å². The lowest BCUT2D eigenvalue weighted by atomic mass is 10.2. The molecule has 90 valence electrons. The fourth-order valence-corrected chi connectivity index (χ4v) is 1.49. The van der Waals surface area contributed by atoms with Crippen LogP contribution in [0.4, 0.5) is 5.69 Å². The van der Waals surface area contributed by atoms with Gasteiger partial charge in [-0.25, -0.2) is 4.68 Å². The van der Waals surface area contributed by atoms with Gasteiger partial charge < -0.3 is 10.4 Å². The number of hydrogen-bond acceptors (Lipinski definition) is 4. The average Bonchev–Trinajstić information content (AvgIpc) is 2.31. The zero-order valence-corrected chi connectivity index (χ0v) is 10.2. The van der Waals surface area contributed by atoms with Crippen LogP contribution in [-0.4, -0.2) is 27.5 Å². The van der Waals surface area contributed by atoms with E-state index in [4.69, 9.17) is 16.7 Å². The normalized spacial score (nSPS) is 12.5. The quantitative estimate of drug-likeness (QED) is 0.815. The molecule has 0 fully saturated rings. The van der Waals surface area contributed by atoms with E-state index in [0.29, 0.717) is 12.2 Å². The maximum atomic E-state index is 11.6. The predicted octanol–water partition coefficient (Wildman–Crippen LogP) is 1.10. The molecule has 2 N–H and O–H groups in total. The summed E-state index contributed by atoms with van der Waals surface area (Å²) >= 11 is 5.92. The van der Waals surface area contributed by atoms with E-state index in [1.165, 1.54) is 10.9 Å². The summed E-state index contributed by atoms with van der Waals surface area (Å²) < 4.78 is 1.29. The smallest absolute Gasteiger partial charge is 0.287 e. The number of aromatic nitrogens is 2. The molecule has 0 spiro atoms. The highest BCUT2D eigenvalue weighted by molar-refractivity contribution is 6.32. The molecule has 0 aromatic carbocycles. The number of nitrogens with zero attached hydrogens (tertiary/aromatic N) is 2. The first-order chi connectivity index (χ1) is 7.63. The van der Waals surface area contributed by atoms with Crippen molar-refractivity contribution in [3.8, 4) is 0 Å². The summed E-state index contributed by atoms with van der Waals surface area (Å²) in [5, 5.41) is 16.1. The summed E-state index contributed by atoms with van der Waals surface area (Å²) in [4.78, 5) is 11.6. The zero-order valence-electron chi connectivity index (χ0n) is 9.40. The second-order valence-electron chi connectivity index (χ2n) is 3.43. The van der Waals surface area contributed by atoms with Crippen molar-refractivity contribution in [2.24, 2.45) is 0 Å². The number of aliphatic hydroxyl groups is 1. The summed E-state index contributed by atoms with van der Waals surface area (Å²) in [6.07, 6.45) is 2.25. The molecular weight excluding hydrogens is 230 g/mol. The van der Waals surface area contributed by atoms with Crippen LogP contribution in [0.3, 0.4) is 0 Å². The summed E-state index contributed by atoms with van der Waals surface area (Å²) in [6, 6.07) is -0.115. The lowest BCUT2D eigenvalue weighted by molar-refractivity contribution is 0.272. The molecule has 0 radical (unpaired) electrons. The van der Waals surface area contributed by atoms with E-state index in [2.05, 4.69) is 10.4 Å². The molecular formula is C10H16ClN3O2. The van der Waals surface area contributed by atoms with Gasteiger partial charge in [0.25, 0.3) is 5.56 Å². The number of aliphatic hydroxyl groups excluding tert-OH is 1. The monoisotopic (exact) mass is 245 g/mol. The molecule has 0 saturated carbocycles. The van der Waals surface area contributed by atoms with Crippen molar-refractivity contribution in [2.75, 3.05) is 11.9 Å². The van der Waals surface area contributed by atoms with Crippen LogP contribution in [0.5, 0.6) is 0 Å². The van der Waals surface area contributed by atoms with Crippen molar-refractivity contribution in [2.45, 2.75) is 32.9 Å². The Balaban J connectivity index is 2.99. The Kier molecular flexibility index (Phi) is 4.76. The molecule has 5 nitrogen and oxygen atoms in total. The van der Waals surface area contributed by atoms with Gasteiger partial charge in [0.15, 0.2) is 0 Å². The van der Waals surface area contributed by atoms with Crippen molar-refractivity contribution in [1.29, 1.82) is 0 Å². The molecule has 1 heterocycles. The first-order valence-electron chi connectivity index (χ1n) is 5.27. The van der Waals surface area contributed by atoms with E-state index in [0.717, 1.165) is 6.42 Å². The Morgan fingerprint density at radius 1 is 1.62 bits per heavy atom. The Morgan fingerprint density at radius 3 is 2.81 bits per heavy atom. The summed E-state index contributed by atoms with van der Waals surface area (Å²) in [5.41, 5.74) is 0.152. The Hall–Kier alpha value is -1.07. The van der Waals surface area contributed by atoms with Gasteiger partial charge in [0.2, 0.25) is 0 Å². The molecule has 1 unspecified atom stereocenters. The van der Waals surface area contributed by atoms with Crippen LogP contribution in [0.25, 0.3) is 0 Å². The Labute approximate surface area is 99.0 Å². The van der Waals surface area contributed by atoms with E-state index in [-0.39, 0.29) is 23.2 Å². The standard InChI is InChI=1S/C10H16ClN3O2/c1-3-7(6-15)13-8-5-12-14(4-2)10(16)9(8)11/h5,7,13,15H,3-4,6H2,1-2H3. The summed E-state index contributed by atoms with van der Waals surface area (Å²) in [5.74, 6) is 0.